The lowest BCUT2D eigenvalue weighted by Crippen LogP contribution is -2.40. The SMILES string of the molecule is O=C(NC1CCCCCC1)C1CCC(CNS(=O)(=O)c2cccc3cccnc23)CC1. The van der Waals surface area contributed by atoms with Crippen molar-refractivity contribution in [3.63, 3.8) is 0 Å². The first-order valence-corrected chi connectivity index (χ1v) is 13.1. The van der Waals surface area contributed by atoms with Crippen LogP contribution in [0.15, 0.2) is 41.4 Å². The molecule has 0 radical (unpaired) electrons. The van der Waals surface area contributed by atoms with Gasteiger partial charge in [0.05, 0.1) is 5.52 Å². The second-order valence-corrected chi connectivity index (χ2v) is 10.8. The number of aromatic nitrogens is 1. The standard InChI is InChI=1S/C24H33N3O3S/c28-24(27-21-9-3-1-2-4-10-21)20-14-12-18(13-15-20)17-26-31(29,30)22-11-5-7-19-8-6-16-25-23(19)22/h5-8,11,16,18,20-21,26H,1-4,9-10,12-15,17H2,(H,27,28). The number of benzene rings is 1. The van der Waals surface area contributed by atoms with E-state index in [0.29, 0.717) is 18.1 Å². The van der Waals surface area contributed by atoms with Crippen molar-refractivity contribution < 1.29 is 13.2 Å². The first kappa shape index (κ1) is 22.2. The molecule has 2 N–H and O–H groups in total. The summed E-state index contributed by atoms with van der Waals surface area (Å²) in [7, 11) is -3.63. The van der Waals surface area contributed by atoms with Gasteiger partial charge in [-0.05, 0) is 56.6 Å². The molecular formula is C24H33N3O3S. The molecular weight excluding hydrogens is 410 g/mol. The molecule has 0 saturated heterocycles. The van der Waals surface area contributed by atoms with E-state index in [1.807, 2.05) is 12.1 Å². The molecule has 2 aromatic rings. The molecule has 1 aromatic heterocycles. The average Bonchev–Trinajstić information content (AvgIpc) is 3.06. The van der Waals surface area contributed by atoms with Crippen molar-refractivity contribution in [3.05, 3.63) is 36.5 Å². The zero-order valence-electron chi connectivity index (χ0n) is 18.1. The summed E-state index contributed by atoms with van der Waals surface area (Å²) in [5.74, 6) is 0.533. The maximum Gasteiger partial charge on any atom is 0.242 e. The van der Waals surface area contributed by atoms with Gasteiger partial charge in [0.1, 0.15) is 4.90 Å². The van der Waals surface area contributed by atoms with E-state index in [1.165, 1.54) is 25.7 Å². The van der Waals surface area contributed by atoms with E-state index in [2.05, 4.69) is 15.0 Å². The topological polar surface area (TPSA) is 88.2 Å². The van der Waals surface area contributed by atoms with Gasteiger partial charge < -0.3 is 5.32 Å². The summed E-state index contributed by atoms with van der Waals surface area (Å²) in [6.45, 7) is 0.405. The normalized spacial score (nSPS) is 23.4. The maximum absolute atomic E-state index is 12.9. The smallest absolute Gasteiger partial charge is 0.242 e. The van der Waals surface area contributed by atoms with Crippen molar-refractivity contribution in [2.45, 2.75) is 75.1 Å². The first-order chi connectivity index (χ1) is 15.0. The van der Waals surface area contributed by atoms with Gasteiger partial charge in [-0.1, -0.05) is 43.9 Å². The highest BCUT2D eigenvalue weighted by Gasteiger charge is 2.29. The van der Waals surface area contributed by atoms with Crippen LogP contribution in [0.1, 0.15) is 64.2 Å². The van der Waals surface area contributed by atoms with E-state index < -0.39 is 10.0 Å². The van der Waals surface area contributed by atoms with Gasteiger partial charge in [0.15, 0.2) is 0 Å². The minimum Gasteiger partial charge on any atom is -0.353 e. The van der Waals surface area contributed by atoms with E-state index in [0.717, 1.165) is 43.9 Å². The van der Waals surface area contributed by atoms with Gasteiger partial charge in [-0.3, -0.25) is 9.78 Å². The maximum atomic E-state index is 12.9. The van der Waals surface area contributed by atoms with Gasteiger partial charge in [0.25, 0.3) is 0 Å². The highest BCUT2D eigenvalue weighted by molar-refractivity contribution is 7.89. The summed E-state index contributed by atoms with van der Waals surface area (Å²) in [4.78, 5) is 17.2. The Kier molecular flexibility index (Phi) is 7.23. The molecule has 0 unspecified atom stereocenters. The van der Waals surface area contributed by atoms with E-state index in [4.69, 9.17) is 0 Å². The van der Waals surface area contributed by atoms with Crippen molar-refractivity contribution in [2.24, 2.45) is 11.8 Å². The van der Waals surface area contributed by atoms with Crippen molar-refractivity contribution in [1.29, 1.82) is 0 Å². The van der Waals surface area contributed by atoms with Crippen LogP contribution >= 0.6 is 0 Å². The molecule has 2 saturated carbocycles. The first-order valence-electron chi connectivity index (χ1n) is 11.7. The minimum absolute atomic E-state index is 0.0679. The second kappa shape index (κ2) is 10.1. The number of nitrogens with zero attached hydrogens (tertiary/aromatic N) is 1. The molecule has 31 heavy (non-hydrogen) atoms. The van der Waals surface area contributed by atoms with Crippen LogP contribution in [0.25, 0.3) is 10.9 Å². The Bertz CT molecular complexity index is 987. The molecule has 1 aromatic carbocycles. The number of carbonyl (C=O) groups excluding carboxylic acids is 1. The highest BCUT2D eigenvalue weighted by atomic mass is 32.2. The van der Waals surface area contributed by atoms with Crippen LogP contribution in [0, 0.1) is 11.8 Å². The Morgan fingerprint density at radius 2 is 1.65 bits per heavy atom. The summed E-state index contributed by atoms with van der Waals surface area (Å²) < 4.78 is 28.6. The zero-order chi connectivity index (χ0) is 21.7. The largest absolute Gasteiger partial charge is 0.353 e. The van der Waals surface area contributed by atoms with Crippen molar-refractivity contribution in [2.75, 3.05) is 6.54 Å². The summed E-state index contributed by atoms with van der Waals surface area (Å²) in [6, 6.07) is 9.22. The summed E-state index contributed by atoms with van der Waals surface area (Å²) in [6.07, 6.45) is 12.2. The molecule has 0 bridgehead atoms. The number of para-hydroxylation sites is 1. The molecule has 2 aliphatic carbocycles. The number of carbonyl (C=O) groups is 1. The molecule has 4 rings (SSSR count). The number of hydrogen-bond acceptors (Lipinski definition) is 4. The van der Waals surface area contributed by atoms with Gasteiger partial charge in [0, 0.05) is 30.1 Å². The molecule has 1 heterocycles. The number of rotatable bonds is 6. The minimum atomic E-state index is -3.63. The third-order valence-electron chi connectivity index (χ3n) is 6.87. The number of nitrogens with one attached hydrogen (secondary N) is 2. The molecule has 0 aliphatic heterocycles. The van der Waals surface area contributed by atoms with Gasteiger partial charge in [-0.15, -0.1) is 0 Å². The van der Waals surface area contributed by atoms with Crippen LogP contribution < -0.4 is 10.0 Å². The quantitative estimate of drug-likeness (QED) is 0.656. The number of pyridine rings is 1. The summed E-state index contributed by atoms with van der Waals surface area (Å²) in [5.41, 5.74) is 0.497. The van der Waals surface area contributed by atoms with Crippen molar-refractivity contribution in [1.82, 2.24) is 15.0 Å². The number of amides is 1. The Balaban J connectivity index is 1.28. The Hall–Kier alpha value is -1.99. The van der Waals surface area contributed by atoms with Crippen LogP contribution in [0.4, 0.5) is 0 Å². The molecule has 6 nitrogen and oxygen atoms in total. The van der Waals surface area contributed by atoms with Crippen LogP contribution in [0.3, 0.4) is 0 Å². The fraction of sp³-hybridized carbons (Fsp3) is 0.583. The lowest BCUT2D eigenvalue weighted by molar-refractivity contribution is -0.127. The molecule has 7 heteroatoms. The van der Waals surface area contributed by atoms with E-state index >= 15 is 0 Å². The van der Waals surface area contributed by atoms with Crippen LogP contribution in [-0.4, -0.2) is 31.9 Å². The van der Waals surface area contributed by atoms with E-state index in [-0.39, 0.29) is 22.6 Å². The van der Waals surface area contributed by atoms with Crippen LogP contribution in [-0.2, 0) is 14.8 Å². The lowest BCUT2D eigenvalue weighted by Gasteiger charge is -2.29. The third kappa shape index (κ3) is 5.63. The molecule has 168 valence electrons. The third-order valence-corrected chi connectivity index (χ3v) is 8.32. The van der Waals surface area contributed by atoms with Crippen LogP contribution in [0.5, 0.6) is 0 Å². The average molecular weight is 444 g/mol. The predicted molar refractivity (Wildman–Crippen MR) is 122 cm³/mol. The number of sulfonamides is 1. The molecule has 2 aliphatic rings. The van der Waals surface area contributed by atoms with Crippen molar-refractivity contribution >= 4 is 26.8 Å². The Morgan fingerprint density at radius 3 is 2.39 bits per heavy atom. The molecule has 0 spiro atoms. The van der Waals surface area contributed by atoms with Gasteiger partial charge >= 0.3 is 0 Å². The van der Waals surface area contributed by atoms with Crippen LogP contribution in [0.2, 0.25) is 0 Å². The fourth-order valence-electron chi connectivity index (χ4n) is 4.97. The zero-order valence-corrected chi connectivity index (χ0v) is 18.9. The summed E-state index contributed by atoms with van der Waals surface area (Å²) >= 11 is 0. The monoisotopic (exact) mass is 443 g/mol. The van der Waals surface area contributed by atoms with Gasteiger partial charge in [0.2, 0.25) is 15.9 Å². The fourth-order valence-corrected chi connectivity index (χ4v) is 6.26. The van der Waals surface area contributed by atoms with Crippen molar-refractivity contribution in [3.8, 4) is 0 Å². The molecule has 2 fully saturated rings. The second-order valence-electron chi connectivity index (χ2n) is 9.10. The Labute approximate surface area is 185 Å². The van der Waals surface area contributed by atoms with Gasteiger partial charge in [-0.2, -0.15) is 0 Å². The number of hydrogen-bond donors (Lipinski definition) is 2. The molecule has 1 amide bonds. The predicted octanol–water partition coefficient (Wildman–Crippen LogP) is 4.16. The van der Waals surface area contributed by atoms with E-state index in [9.17, 15) is 13.2 Å². The van der Waals surface area contributed by atoms with E-state index in [1.54, 1.807) is 24.4 Å². The Morgan fingerprint density at radius 1 is 0.935 bits per heavy atom. The molecule has 0 atom stereocenters. The summed E-state index contributed by atoms with van der Waals surface area (Å²) in [5, 5.41) is 4.09. The highest BCUT2D eigenvalue weighted by Crippen LogP contribution is 2.30. The van der Waals surface area contributed by atoms with Gasteiger partial charge in [-0.25, -0.2) is 13.1 Å². The lowest BCUT2D eigenvalue weighted by atomic mass is 9.81. The number of fused-ring (bicyclic) bond motifs is 1.